The van der Waals surface area contributed by atoms with Gasteiger partial charge in [-0.25, -0.2) is 9.82 Å². The lowest BCUT2D eigenvalue weighted by molar-refractivity contribution is 0.0955. The van der Waals surface area contributed by atoms with E-state index >= 15 is 0 Å². The quantitative estimate of drug-likeness (QED) is 0.218. The van der Waals surface area contributed by atoms with Crippen LogP contribution < -0.4 is 14.9 Å². The summed E-state index contributed by atoms with van der Waals surface area (Å²) in [6.45, 7) is 2.37. The van der Waals surface area contributed by atoms with Crippen LogP contribution in [-0.4, -0.2) is 18.7 Å². The van der Waals surface area contributed by atoms with Crippen LogP contribution >= 0.6 is 34.2 Å². The molecule has 3 aromatic rings. The van der Waals surface area contributed by atoms with Crippen LogP contribution in [0.3, 0.4) is 0 Å². The number of carbonyl (C=O) groups excluding carboxylic acids is 1. The third-order valence-electron chi connectivity index (χ3n) is 4.15. The molecular weight excluding hydrogens is 534 g/mol. The first kappa shape index (κ1) is 23.0. The largest absolute Gasteiger partial charge is 0.490 e. The molecule has 0 aromatic heterocycles. The fraction of sp³-hybridized carbons (Fsp3) is 0.130. The summed E-state index contributed by atoms with van der Waals surface area (Å²) < 4.78 is 26.2. The van der Waals surface area contributed by atoms with Crippen LogP contribution in [0.5, 0.6) is 11.5 Å². The molecule has 0 aliphatic heterocycles. The van der Waals surface area contributed by atoms with Crippen molar-refractivity contribution in [2.24, 2.45) is 5.10 Å². The number of rotatable bonds is 8. The predicted molar refractivity (Wildman–Crippen MR) is 128 cm³/mol. The highest BCUT2D eigenvalue weighted by Gasteiger charge is 2.13. The van der Waals surface area contributed by atoms with Crippen molar-refractivity contribution < 1.29 is 18.7 Å². The first-order chi connectivity index (χ1) is 15.0. The second kappa shape index (κ2) is 11.1. The maximum atomic E-state index is 13.9. The molecule has 0 saturated heterocycles. The Balaban J connectivity index is 1.73. The van der Waals surface area contributed by atoms with Crippen LogP contribution in [0.2, 0.25) is 5.02 Å². The maximum Gasteiger partial charge on any atom is 0.271 e. The normalized spacial score (nSPS) is 10.8. The van der Waals surface area contributed by atoms with Gasteiger partial charge in [0.05, 0.1) is 16.4 Å². The average molecular weight is 553 g/mol. The number of hydrogen-bond donors (Lipinski definition) is 1. The monoisotopic (exact) mass is 552 g/mol. The Morgan fingerprint density at radius 1 is 1.16 bits per heavy atom. The number of benzene rings is 3. The molecule has 0 fully saturated rings. The molecule has 1 amide bonds. The van der Waals surface area contributed by atoms with Crippen molar-refractivity contribution in [3.8, 4) is 11.5 Å². The summed E-state index contributed by atoms with van der Waals surface area (Å²) in [5, 5.41) is 4.56. The number of hydrazone groups is 1. The van der Waals surface area contributed by atoms with Gasteiger partial charge in [0.2, 0.25) is 0 Å². The molecule has 0 aliphatic rings. The van der Waals surface area contributed by atoms with Crippen LogP contribution in [0.1, 0.15) is 28.4 Å². The van der Waals surface area contributed by atoms with E-state index in [4.69, 9.17) is 21.1 Å². The molecule has 0 spiro atoms. The Bertz CT molecular complexity index is 1090. The summed E-state index contributed by atoms with van der Waals surface area (Å²) in [7, 11) is 0. The SMILES string of the molecule is CCOc1cc(/C=N\NC(=O)c2ccc(Cl)cc2)cc(I)c1OCc1ccccc1F. The van der Waals surface area contributed by atoms with Gasteiger partial charge in [0.15, 0.2) is 11.5 Å². The van der Waals surface area contributed by atoms with Crippen molar-refractivity contribution in [3.63, 3.8) is 0 Å². The van der Waals surface area contributed by atoms with Crippen molar-refractivity contribution in [2.75, 3.05) is 6.61 Å². The van der Waals surface area contributed by atoms with Gasteiger partial charge >= 0.3 is 0 Å². The zero-order valence-corrected chi connectivity index (χ0v) is 19.5. The van der Waals surface area contributed by atoms with Crippen LogP contribution in [0, 0.1) is 9.39 Å². The molecule has 3 aromatic carbocycles. The fourth-order valence-corrected chi connectivity index (χ4v) is 3.57. The molecule has 0 heterocycles. The van der Waals surface area contributed by atoms with E-state index in [-0.39, 0.29) is 18.3 Å². The van der Waals surface area contributed by atoms with Gasteiger partial charge in [0.1, 0.15) is 12.4 Å². The fourth-order valence-electron chi connectivity index (χ4n) is 2.66. The second-order valence-electron chi connectivity index (χ2n) is 6.35. The van der Waals surface area contributed by atoms with E-state index in [1.807, 2.05) is 13.0 Å². The average Bonchev–Trinajstić information content (AvgIpc) is 2.75. The Morgan fingerprint density at radius 3 is 2.61 bits per heavy atom. The Hall–Kier alpha value is -2.65. The van der Waals surface area contributed by atoms with E-state index in [0.29, 0.717) is 39.8 Å². The van der Waals surface area contributed by atoms with Gasteiger partial charge in [-0.2, -0.15) is 5.10 Å². The van der Waals surface area contributed by atoms with Crippen molar-refractivity contribution in [3.05, 3.63) is 91.8 Å². The smallest absolute Gasteiger partial charge is 0.271 e. The van der Waals surface area contributed by atoms with Crippen LogP contribution in [-0.2, 0) is 6.61 Å². The number of nitrogens with zero attached hydrogens (tertiary/aromatic N) is 1. The molecule has 5 nitrogen and oxygen atoms in total. The molecule has 1 N–H and O–H groups in total. The first-order valence-electron chi connectivity index (χ1n) is 9.39. The summed E-state index contributed by atoms with van der Waals surface area (Å²) in [5.74, 6) is 0.359. The topological polar surface area (TPSA) is 59.9 Å². The van der Waals surface area contributed by atoms with Gasteiger partial charge in [-0.05, 0) is 77.5 Å². The molecule has 0 bridgehead atoms. The summed E-state index contributed by atoms with van der Waals surface area (Å²) in [6, 6.07) is 16.5. The summed E-state index contributed by atoms with van der Waals surface area (Å²) in [6.07, 6.45) is 1.51. The van der Waals surface area contributed by atoms with Crippen molar-refractivity contribution >= 4 is 46.3 Å². The minimum absolute atomic E-state index is 0.0767. The minimum Gasteiger partial charge on any atom is -0.490 e. The summed E-state index contributed by atoms with van der Waals surface area (Å²) >= 11 is 7.95. The third kappa shape index (κ3) is 6.41. The molecule has 0 unspecified atom stereocenters. The Morgan fingerprint density at radius 2 is 1.90 bits per heavy atom. The van der Waals surface area contributed by atoms with Gasteiger partial charge in [-0.15, -0.1) is 0 Å². The highest BCUT2D eigenvalue weighted by Crippen LogP contribution is 2.34. The zero-order valence-electron chi connectivity index (χ0n) is 16.6. The Labute approximate surface area is 198 Å². The molecule has 0 aliphatic carbocycles. The first-order valence-corrected chi connectivity index (χ1v) is 10.8. The molecule has 0 atom stereocenters. The number of halogens is 3. The predicted octanol–water partition coefficient (Wildman–Crippen LogP) is 5.83. The standard InChI is InChI=1S/C23H19ClFIN2O3/c1-2-30-21-12-15(13-27-28-23(29)16-7-9-18(24)10-8-16)11-20(26)22(21)31-14-17-5-3-4-6-19(17)25/h3-13H,2,14H2,1H3,(H,28,29)/b27-13-. The van der Waals surface area contributed by atoms with Gasteiger partial charge in [-0.1, -0.05) is 29.8 Å². The Kier molecular flexibility index (Phi) is 8.25. The second-order valence-corrected chi connectivity index (χ2v) is 7.95. The number of ether oxygens (including phenoxy) is 2. The van der Waals surface area contributed by atoms with E-state index in [2.05, 4.69) is 33.1 Å². The molecule has 160 valence electrons. The van der Waals surface area contributed by atoms with Crippen LogP contribution in [0.15, 0.2) is 65.8 Å². The zero-order chi connectivity index (χ0) is 22.2. The number of amides is 1. The molecule has 3 rings (SSSR count). The number of hydrogen-bond acceptors (Lipinski definition) is 4. The lowest BCUT2D eigenvalue weighted by Gasteiger charge is -2.15. The van der Waals surface area contributed by atoms with E-state index in [1.54, 1.807) is 48.5 Å². The third-order valence-corrected chi connectivity index (χ3v) is 5.20. The highest BCUT2D eigenvalue weighted by atomic mass is 127. The van der Waals surface area contributed by atoms with Gasteiger partial charge in [0, 0.05) is 16.1 Å². The van der Waals surface area contributed by atoms with Crippen molar-refractivity contribution in [1.82, 2.24) is 5.43 Å². The number of carbonyl (C=O) groups is 1. The highest BCUT2D eigenvalue weighted by molar-refractivity contribution is 14.1. The lowest BCUT2D eigenvalue weighted by atomic mass is 10.2. The summed E-state index contributed by atoms with van der Waals surface area (Å²) in [5.41, 5.74) is 4.09. The molecular formula is C23H19ClFIN2O3. The van der Waals surface area contributed by atoms with Crippen LogP contribution in [0.25, 0.3) is 0 Å². The number of nitrogens with one attached hydrogen (secondary N) is 1. The molecule has 0 saturated carbocycles. The maximum absolute atomic E-state index is 13.9. The molecule has 8 heteroatoms. The van der Waals surface area contributed by atoms with E-state index in [9.17, 15) is 9.18 Å². The van der Waals surface area contributed by atoms with Gasteiger partial charge in [0.25, 0.3) is 5.91 Å². The van der Waals surface area contributed by atoms with E-state index in [1.165, 1.54) is 12.3 Å². The minimum atomic E-state index is -0.350. The van der Waals surface area contributed by atoms with E-state index in [0.717, 1.165) is 3.57 Å². The molecule has 31 heavy (non-hydrogen) atoms. The van der Waals surface area contributed by atoms with E-state index < -0.39 is 0 Å². The van der Waals surface area contributed by atoms with Gasteiger partial charge < -0.3 is 9.47 Å². The van der Waals surface area contributed by atoms with Gasteiger partial charge in [-0.3, -0.25) is 4.79 Å². The van der Waals surface area contributed by atoms with Crippen LogP contribution in [0.4, 0.5) is 4.39 Å². The summed E-state index contributed by atoms with van der Waals surface area (Å²) in [4.78, 5) is 12.1. The molecule has 0 radical (unpaired) electrons. The lowest BCUT2D eigenvalue weighted by Crippen LogP contribution is -2.17. The van der Waals surface area contributed by atoms with Crippen molar-refractivity contribution in [2.45, 2.75) is 13.5 Å². The van der Waals surface area contributed by atoms with Crippen molar-refractivity contribution in [1.29, 1.82) is 0 Å².